The zero-order valence-electron chi connectivity index (χ0n) is 11.6. The minimum atomic E-state index is -0.572. The van der Waals surface area contributed by atoms with Crippen LogP contribution in [0.25, 0.3) is 0 Å². The fourth-order valence-electron chi connectivity index (χ4n) is 2.76. The smallest absolute Gasteiger partial charge is 0.269 e. The number of fused-ring (bicyclic) bond motifs is 1. The lowest BCUT2D eigenvalue weighted by atomic mass is 9.98. The van der Waals surface area contributed by atoms with E-state index in [9.17, 15) is 4.79 Å². The number of anilines is 2. The lowest BCUT2D eigenvalue weighted by Crippen LogP contribution is -2.20. The van der Waals surface area contributed by atoms with Crippen molar-refractivity contribution in [3.63, 3.8) is 0 Å². The zero-order valence-corrected chi connectivity index (χ0v) is 11.6. The average Bonchev–Trinajstić information content (AvgIpc) is 2.87. The van der Waals surface area contributed by atoms with Gasteiger partial charge in [0, 0.05) is 18.2 Å². The van der Waals surface area contributed by atoms with E-state index >= 15 is 0 Å². The van der Waals surface area contributed by atoms with E-state index in [1.807, 2.05) is 12.1 Å². The van der Waals surface area contributed by atoms with Gasteiger partial charge in [-0.25, -0.2) is 0 Å². The van der Waals surface area contributed by atoms with Gasteiger partial charge in [-0.3, -0.25) is 4.79 Å². The Labute approximate surface area is 122 Å². The molecule has 1 atom stereocenters. The maximum atomic E-state index is 11.1. The molecule has 6 heteroatoms. The van der Waals surface area contributed by atoms with Crippen LogP contribution in [0.15, 0.2) is 36.4 Å². The summed E-state index contributed by atoms with van der Waals surface area (Å²) >= 11 is 0. The largest absolute Gasteiger partial charge is 0.364 e. The molecule has 1 aromatic heterocycles. The topological polar surface area (TPSA) is 98.1 Å². The minimum absolute atomic E-state index is 0.171. The third-order valence-corrected chi connectivity index (χ3v) is 3.76. The molecule has 3 rings (SSSR count). The van der Waals surface area contributed by atoms with E-state index in [-0.39, 0.29) is 5.69 Å². The van der Waals surface area contributed by atoms with E-state index in [1.54, 1.807) is 12.1 Å². The molecule has 1 aliphatic heterocycles. The SMILES string of the molecule is NCCC1CN(c2ccc(C(N)=O)nn2)c2ccccc21. The van der Waals surface area contributed by atoms with Gasteiger partial charge in [0.05, 0.1) is 0 Å². The summed E-state index contributed by atoms with van der Waals surface area (Å²) in [6.07, 6.45) is 0.931. The van der Waals surface area contributed by atoms with Gasteiger partial charge in [-0.05, 0) is 36.7 Å². The maximum absolute atomic E-state index is 11.1. The Morgan fingerprint density at radius 1 is 1.24 bits per heavy atom. The van der Waals surface area contributed by atoms with Gasteiger partial charge in [-0.1, -0.05) is 18.2 Å². The van der Waals surface area contributed by atoms with E-state index in [2.05, 4.69) is 27.2 Å². The predicted molar refractivity (Wildman–Crippen MR) is 80.4 cm³/mol. The summed E-state index contributed by atoms with van der Waals surface area (Å²) in [7, 11) is 0. The predicted octanol–water partition coefficient (Wildman–Crippen LogP) is 1.16. The van der Waals surface area contributed by atoms with Crippen molar-refractivity contribution < 1.29 is 4.79 Å². The summed E-state index contributed by atoms with van der Waals surface area (Å²) in [6, 6.07) is 11.6. The maximum Gasteiger partial charge on any atom is 0.269 e. The fraction of sp³-hybridized carbons (Fsp3) is 0.267. The van der Waals surface area contributed by atoms with Crippen LogP contribution in [-0.4, -0.2) is 29.2 Å². The number of nitrogens with zero attached hydrogens (tertiary/aromatic N) is 3. The Hall–Kier alpha value is -2.47. The fourth-order valence-corrected chi connectivity index (χ4v) is 2.76. The lowest BCUT2D eigenvalue weighted by molar-refractivity contribution is 0.0994. The van der Waals surface area contributed by atoms with Crippen molar-refractivity contribution in [3.8, 4) is 0 Å². The summed E-state index contributed by atoms with van der Waals surface area (Å²) in [5, 5.41) is 8.00. The summed E-state index contributed by atoms with van der Waals surface area (Å²) in [5.41, 5.74) is 13.5. The van der Waals surface area contributed by atoms with E-state index < -0.39 is 5.91 Å². The highest BCUT2D eigenvalue weighted by Gasteiger charge is 2.29. The first-order chi connectivity index (χ1) is 10.2. The number of carbonyl (C=O) groups is 1. The number of hydrogen-bond acceptors (Lipinski definition) is 5. The molecule has 0 saturated carbocycles. The number of hydrogen-bond donors (Lipinski definition) is 2. The average molecular weight is 283 g/mol. The van der Waals surface area contributed by atoms with Crippen LogP contribution >= 0.6 is 0 Å². The first-order valence-electron chi connectivity index (χ1n) is 6.90. The third-order valence-electron chi connectivity index (χ3n) is 3.76. The minimum Gasteiger partial charge on any atom is -0.364 e. The van der Waals surface area contributed by atoms with Crippen LogP contribution in [0.3, 0.4) is 0 Å². The molecule has 1 amide bonds. The van der Waals surface area contributed by atoms with Crippen LogP contribution in [-0.2, 0) is 0 Å². The Balaban J connectivity index is 1.94. The van der Waals surface area contributed by atoms with Crippen molar-refractivity contribution in [1.82, 2.24) is 10.2 Å². The quantitative estimate of drug-likeness (QED) is 0.877. The molecule has 0 fully saturated rings. The van der Waals surface area contributed by atoms with Crippen LogP contribution in [0, 0.1) is 0 Å². The van der Waals surface area contributed by atoms with Crippen molar-refractivity contribution in [2.24, 2.45) is 11.5 Å². The summed E-state index contributed by atoms with van der Waals surface area (Å²) in [6.45, 7) is 1.47. The Morgan fingerprint density at radius 3 is 2.71 bits per heavy atom. The molecule has 4 N–H and O–H groups in total. The van der Waals surface area contributed by atoms with Crippen LogP contribution in [0.5, 0.6) is 0 Å². The second-order valence-corrected chi connectivity index (χ2v) is 5.08. The number of rotatable bonds is 4. The molecule has 6 nitrogen and oxygen atoms in total. The first-order valence-corrected chi connectivity index (χ1v) is 6.90. The standard InChI is InChI=1S/C15H17N5O/c16-8-7-10-9-20(13-4-2-1-3-11(10)13)14-6-5-12(15(17)21)18-19-14/h1-6,10H,7-9,16H2,(H2,17,21). The first kappa shape index (κ1) is 13.5. The summed E-state index contributed by atoms with van der Waals surface area (Å²) in [4.78, 5) is 13.2. The molecule has 108 valence electrons. The highest BCUT2D eigenvalue weighted by molar-refractivity contribution is 5.90. The molecule has 0 saturated heterocycles. The molecule has 0 radical (unpaired) electrons. The molecule has 0 bridgehead atoms. The van der Waals surface area contributed by atoms with E-state index in [4.69, 9.17) is 11.5 Å². The van der Waals surface area contributed by atoms with Crippen LogP contribution in [0.2, 0.25) is 0 Å². The molecule has 2 aromatic rings. The number of primary amides is 1. The van der Waals surface area contributed by atoms with Crippen LogP contribution < -0.4 is 16.4 Å². The summed E-state index contributed by atoms with van der Waals surface area (Å²) < 4.78 is 0. The van der Waals surface area contributed by atoms with Gasteiger partial charge in [0.1, 0.15) is 0 Å². The number of benzene rings is 1. The molecular weight excluding hydrogens is 266 g/mol. The normalized spacial score (nSPS) is 16.8. The van der Waals surface area contributed by atoms with E-state index in [1.165, 1.54) is 5.56 Å². The van der Waals surface area contributed by atoms with Gasteiger partial charge in [0.25, 0.3) is 5.91 Å². The second kappa shape index (κ2) is 5.49. The molecule has 0 spiro atoms. The van der Waals surface area contributed by atoms with Gasteiger partial charge < -0.3 is 16.4 Å². The Morgan fingerprint density at radius 2 is 2.05 bits per heavy atom. The molecule has 1 aromatic carbocycles. The number of para-hydroxylation sites is 1. The highest BCUT2D eigenvalue weighted by atomic mass is 16.1. The molecular formula is C15H17N5O. The number of amides is 1. The number of aromatic nitrogens is 2. The highest BCUT2D eigenvalue weighted by Crippen LogP contribution is 2.41. The Kier molecular flexibility index (Phi) is 3.53. The van der Waals surface area contributed by atoms with Crippen LogP contribution in [0.4, 0.5) is 11.5 Å². The van der Waals surface area contributed by atoms with Gasteiger partial charge in [0.2, 0.25) is 0 Å². The van der Waals surface area contributed by atoms with Crippen molar-refractivity contribution >= 4 is 17.4 Å². The number of nitrogens with two attached hydrogens (primary N) is 2. The number of carbonyl (C=O) groups excluding carboxylic acids is 1. The zero-order chi connectivity index (χ0) is 14.8. The van der Waals surface area contributed by atoms with Gasteiger partial charge >= 0.3 is 0 Å². The summed E-state index contributed by atoms with van der Waals surface area (Å²) in [5.74, 6) is 0.535. The van der Waals surface area contributed by atoms with Crippen molar-refractivity contribution in [2.45, 2.75) is 12.3 Å². The lowest BCUT2D eigenvalue weighted by Gasteiger charge is -2.18. The van der Waals surface area contributed by atoms with Crippen molar-refractivity contribution in [2.75, 3.05) is 18.0 Å². The van der Waals surface area contributed by atoms with Gasteiger partial charge in [0.15, 0.2) is 11.5 Å². The van der Waals surface area contributed by atoms with E-state index in [0.29, 0.717) is 18.3 Å². The molecule has 21 heavy (non-hydrogen) atoms. The van der Waals surface area contributed by atoms with Crippen molar-refractivity contribution in [3.05, 3.63) is 47.7 Å². The molecule has 0 aliphatic carbocycles. The van der Waals surface area contributed by atoms with E-state index in [0.717, 1.165) is 18.7 Å². The van der Waals surface area contributed by atoms with Crippen LogP contribution in [0.1, 0.15) is 28.4 Å². The molecule has 1 aliphatic rings. The molecule has 1 unspecified atom stereocenters. The van der Waals surface area contributed by atoms with Crippen molar-refractivity contribution in [1.29, 1.82) is 0 Å². The third kappa shape index (κ3) is 2.45. The second-order valence-electron chi connectivity index (χ2n) is 5.08. The van der Waals surface area contributed by atoms with Gasteiger partial charge in [-0.15, -0.1) is 10.2 Å². The van der Waals surface area contributed by atoms with Gasteiger partial charge in [-0.2, -0.15) is 0 Å². The molecule has 2 heterocycles. The Bertz CT molecular complexity index is 655. The monoisotopic (exact) mass is 283 g/mol.